The minimum Gasteiger partial charge on any atom is -0.313 e. The molecule has 90 valence electrons. The van der Waals surface area contributed by atoms with E-state index in [9.17, 15) is 0 Å². The Hall–Kier alpha value is -0.820. The molecular weight excluding hydrogens is 194 g/mol. The lowest BCUT2D eigenvalue weighted by molar-refractivity contribution is 0.456. The maximum Gasteiger partial charge on any atom is 0.0320 e. The van der Waals surface area contributed by atoms with Gasteiger partial charge < -0.3 is 5.32 Å². The summed E-state index contributed by atoms with van der Waals surface area (Å²) in [5.74, 6) is 0.729. The van der Waals surface area contributed by atoms with Crippen molar-refractivity contribution >= 4 is 0 Å². The van der Waals surface area contributed by atoms with E-state index in [2.05, 4.69) is 57.4 Å². The summed E-state index contributed by atoms with van der Waals surface area (Å²) in [5.41, 5.74) is 2.89. The van der Waals surface area contributed by atoms with Crippen molar-refractivity contribution in [2.24, 2.45) is 5.92 Å². The second kappa shape index (κ2) is 6.70. The fraction of sp³-hybridized carbons (Fsp3) is 0.600. The van der Waals surface area contributed by atoms with Crippen molar-refractivity contribution in [2.75, 3.05) is 7.05 Å². The van der Waals surface area contributed by atoms with Gasteiger partial charge in [0.25, 0.3) is 0 Å². The standard InChI is InChI=1S/C15H25N/c1-5-7-13-8-6-9-14(11-13)15(16-4)10-12(2)3/h6,8-9,11-12,15-16H,5,7,10H2,1-4H3. The number of benzene rings is 1. The second-order valence-electron chi connectivity index (χ2n) is 4.97. The maximum absolute atomic E-state index is 3.42. The van der Waals surface area contributed by atoms with Crippen molar-refractivity contribution in [1.29, 1.82) is 0 Å². The van der Waals surface area contributed by atoms with E-state index in [-0.39, 0.29) is 0 Å². The van der Waals surface area contributed by atoms with Crippen LogP contribution < -0.4 is 5.32 Å². The highest BCUT2D eigenvalue weighted by molar-refractivity contribution is 5.26. The highest BCUT2D eigenvalue weighted by Gasteiger charge is 2.11. The van der Waals surface area contributed by atoms with Crippen LogP contribution in [0.4, 0.5) is 0 Å². The van der Waals surface area contributed by atoms with Gasteiger partial charge in [-0.1, -0.05) is 51.5 Å². The average Bonchev–Trinajstić information content (AvgIpc) is 2.26. The zero-order valence-electron chi connectivity index (χ0n) is 11.1. The molecule has 1 N–H and O–H groups in total. The van der Waals surface area contributed by atoms with Crippen molar-refractivity contribution in [3.8, 4) is 0 Å². The lowest BCUT2D eigenvalue weighted by Crippen LogP contribution is -2.18. The zero-order valence-corrected chi connectivity index (χ0v) is 11.1. The number of hydrogen-bond donors (Lipinski definition) is 1. The fourth-order valence-electron chi connectivity index (χ4n) is 2.15. The molecule has 0 amide bonds. The first-order chi connectivity index (χ1) is 7.67. The Bertz CT molecular complexity index is 304. The topological polar surface area (TPSA) is 12.0 Å². The third-order valence-electron chi connectivity index (χ3n) is 2.95. The fourth-order valence-corrected chi connectivity index (χ4v) is 2.15. The molecule has 0 heterocycles. The van der Waals surface area contributed by atoms with Gasteiger partial charge in [0.1, 0.15) is 0 Å². The van der Waals surface area contributed by atoms with E-state index < -0.39 is 0 Å². The van der Waals surface area contributed by atoms with Crippen LogP contribution in [0.25, 0.3) is 0 Å². The van der Waals surface area contributed by atoms with Gasteiger partial charge in [-0.2, -0.15) is 0 Å². The normalized spacial score (nSPS) is 13.1. The van der Waals surface area contributed by atoms with E-state index in [0.29, 0.717) is 6.04 Å². The maximum atomic E-state index is 3.42. The molecule has 1 aromatic carbocycles. The van der Waals surface area contributed by atoms with Gasteiger partial charge in [-0.3, -0.25) is 0 Å². The smallest absolute Gasteiger partial charge is 0.0320 e. The van der Waals surface area contributed by atoms with Crippen molar-refractivity contribution in [3.05, 3.63) is 35.4 Å². The molecule has 0 spiro atoms. The molecule has 0 bridgehead atoms. The van der Waals surface area contributed by atoms with Crippen molar-refractivity contribution in [2.45, 2.75) is 46.1 Å². The number of hydrogen-bond acceptors (Lipinski definition) is 1. The van der Waals surface area contributed by atoms with Gasteiger partial charge in [-0.05, 0) is 36.9 Å². The molecule has 1 heteroatoms. The van der Waals surface area contributed by atoms with Crippen molar-refractivity contribution < 1.29 is 0 Å². The minimum atomic E-state index is 0.497. The summed E-state index contributed by atoms with van der Waals surface area (Å²) in [4.78, 5) is 0. The van der Waals surface area contributed by atoms with E-state index in [0.717, 1.165) is 5.92 Å². The molecule has 0 aliphatic rings. The summed E-state index contributed by atoms with van der Waals surface area (Å²) >= 11 is 0. The number of aryl methyl sites for hydroxylation is 1. The quantitative estimate of drug-likeness (QED) is 0.764. The summed E-state index contributed by atoms with van der Waals surface area (Å²) in [6.45, 7) is 6.79. The lowest BCUT2D eigenvalue weighted by atomic mass is 9.95. The molecule has 1 aromatic rings. The van der Waals surface area contributed by atoms with Crippen molar-refractivity contribution in [1.82, 2.24) is 5.32 Å². The Kier molecular flexibility index (Phi) is 5.54. The number of rotatable bonds is 6. The van der Waals surface area contributed by atoms with E-state index in [4.69, 9.17) is 0 Å². The van der Waals surface area contributed by atoms with Crippen LogP contribution in [0.2, 0.25) is 0 Å². The van der Waals surface area contributed by atoms with Crippen LogP contribution >= 0.6 is 0 Å². The number of nitrogens with one attached hydrogen (secondary N) is 1. The van der Waals surface area contributed by atoms with Gasteiger partial charge in [-0.25, -0.2) is 0 Å². The Balaban J connectivity index is 2.79. The summed E-state index contributed by atoms with van der Waals surface area (Å²) in [6.07, 6.45) is 3.61. The minimum absolute atomic E-state index is 0.497. The highest BCUT2D eigenvalue weighted by Crippen LogP contribution is 2.22. The van der Waals surface area contributed by atoms with Crippen LogP contribution in [0.15, 0.2) is 24.3 Å². The molecule has 16 heavy (non-hydrogen) atoms. The van der Waals surface area contributed by atoms with Crippen LogP contribution in [0.1, 0.15) is 50.8 Å². The molecule has 1 unspecified atom stereocenters. The second-order valence-corrected chi connectivity index (χ2v) is 4.97. The van der Waals surface area contributed by atoms with Crippen LogP contribution in [0.5, 0.6) is 0 Å². The molecule has 0 aromatic heterocycles. The van der Waals surface area contributed by atoms with Gasteiger partial charge in [0, 0.05) is 6.04 Å². The third-order valence-corrected chi connectivity index (χ3v) is 2.95. The predicted octanol–water partition coefficient (Wildman–Crippen LogP) is 3.95. The van der Waals surface area contributed by atoms with Crippen molar-refractivity contribution in [3.63, 3.8) is 0 Å². The highest BCUT2D eigenvalue weighted by atomic mass is 14.9. The summed E-state index contributed by atoms with van der Waals surface area (Å²) in [7, 11) is 2.06. The Morgan fingerprint density at radius 1 is 1.25 bits per heavy atom. The van der Waals surface area contributed by atoms with E-state index in [1.807, 2.05) is 0 Å². The molecule has 0 saturated heterocycles. The zero-order chi connectivity index (χ0) is 12.0. The van der Waals surface area contributed by atoms with Gasteiger partial charge in [0.05, 0.1) is 0 Å². The molecule has 0 radical (unpaired) electrons. The van der Waals surface area contributed by atoms with E-state index >= 15 is 0 Å². The molecule has 0 saturated carbocycles. The first-order valence-corrected chi connectivity index (χ1v) is 6.43. The predicted molar refractivity (Wildman–Crippen MR) is 71.7 cm³/mol. The first-order valence-electron chi connectivity index (χ1n) is 6.43. The van der Waals surface area contributed by atoms with Crippen LogP contribution in [-0.4, -0.2) is 7.05 Å². The third kappa shape index (κ3) is 3.97. The molecular formula is C15H25N. The van der Waals surface area contributed by atoms with E-state index in [1.54, 1.807) is 0 Å². The Morgan fingerprint density at radius 2 is 2.00 bits per heavy atom. The summed E-state index contributed by atoms with van der Waals surface area (Å²) in [6, 6.07) is 9.51. The van der Waals surface area contributed by atoms with E-state index in [1.165, 1.54) is 30.4 Å². The molecule has 0 aliphatic carbocycles. The van der Waals surface area contributed by atoms with Gasteiger partial charge in [0.15, 0.2) is 0 Å². The van der Waals surface area contributed by atoms with Gasteiger partial charge in [-0.15, -0.1) is 0 Å². The molecule has 1 atom stereocenters. The monoisotopic (exact) mass is 219 g/mol. The van der Waals surface area contributed by atoms with Gasteiger partial charge in [0.2, 0.25) is 0 Å². The van der Waals surface area contributed by atoms with Crippen LogP contribution in [0.3, 0.4) is 0 Å². The average molecular weight is 219 g/mol. The Labute approximate surface area is 100 Å². The largest absolute Gasteiger partial charge is 0.313 e. The molecule has 0 aliphatic heterocycles. The summed E-state index contributed by atoms with van der Waals surface area (Å²) < 4.78 is 0. The molecule has 1 rings (SSSR count). The molecule has 0 fully saturated rings. The lowest BCUT2D eigenvalue weighted by Gasteiger charge is -2.19. The van der Waals surface area contributed by atoms with Crippen LogP contribution in [-0.2, 0) is 6.42 Å². The summed E-state index contributed by atoms with van der Waals surface area (Å²) in [5, 5.41) is 3.42. The SMILES string of the molecule is CCCc1cccc(C(CC(C)C)NC)c1. The molecule has 1 nitrogen and oxygen atoms in total. The van der Waals surface area contributed by atoms with Crippen LogP contribution in [0, 0.1) is 5.92 Å². The Morgan fingerprint density at radius 3 is 2.56 bits per heavy atom. The van der Waals surface area contributed by atoms with Gasteiger partial charge >= 0.3 is 0 Å². The first kappa shape index (κ1) is 13.2.